The van der Waals surface area contributed by atoms with Crippen LogP contribution in [0.2, 0.25) is 0 Å². The molecule has 0 bridgehead atoms. The van der Waals surface area contributed by atoms with E-state index in [2.05, 4.69) is 0 Å². The molecule has 110 valence electrons. The maximum atomic E-state index is 12.1. The lowest BCUT2D eigenvalue weighted by Crippen LogP contribution is -1.95. The first-order chi connectivity index (χ1) is 10.6. The van der Waals surface area contributed by atoms with Gasteiger partial charge in [0.25, 0.3) is 0 Å². The Hall–Kier alpha value is -3.14. The predicted molar refractivity (Wildman–Crippen MR) is 84.6 cm³/mol. The molecule has 0 saturated carbocycles. The molecule has 2 N–H and O–H groups in total. The Morgan fingerprint density at radius 2 is 1.55 bits per heavy atom. The van der Waals surface area contributed by atoms with Gasteiger partial charge in [-0.15, -0.1) is 0 Å². The van der Waals surface area contributed by atoms with Gasteiger partial charge in [0, 0.05) is 6.08 Å². The fraction of sp³-hybridized carbons (Fsp3) is 0. The van der Waals surface area contributed by atoms with Gasteiger partial charge in [0.2, 0.25) is 0 Å². The summed E-state index contributed by atoms with van der Waals surface area (Å²) in [5, 5.41) is 18.4. The summed E-state index contributed by atoms with van der Waals surface area (Å²) < 4.78 is 0. The molecule has 2 aromatic carbocycles. The van der Waals surface area contributed by atoms with Crippen LogP contribution in [-0.2, 0) is 4.79 Å². The molecule has 0 aliphatic heterocycles. The van der Waals surface area contributed by atoms with E-state index in [9.17, 15) is 14.7 Å². The minimum Gasteiger partial charge on any atom is -0.507 e. The monoisotopic (exact) mass is 294 g/mol. The predicted octanol–water partition coefficient (Wildman–Crippen LogP) is 3.39. The molecule has 0 heterocycles. The number of rotatable bonds is 5. The van der Waals surface area contributed by atoms with Crippen LogP contribution in [0.25, 0.3) is 12.2 Å². The van der Waals surface area contributed by atoms with Gasteiger partial charge >= 0.3 is 5.97 Å². The van der Waals surface area contributed by atoms with Crippen molar-refractivity contribution >= 4 is 23.9 Å². The molecule has 0 aliphatic carbocycles. The van der Waals surface area contributed by atoms with Crippen LogP contribution < -0.4 is 0 Å². The van der Waals surface area contributed by atoms with Gasteiger partial charge in [-0.25, -0.2) is 4.79 Å². The van der Waals surface area contributed by atoms with Crippen LogP contribution in [0, 0.1) is 0 Å². The molecule has 0 fully saturated rings. The van der Waals surface area contributed by atoms with E-state index < -0.39 is 5.97 Å². The van der Waals surface area contributed by atoms with Gasteiger partial charge in [-0.1, -0.05) is 42.5 Å². The molecular weight excluding hydrogens is 280 g/mol. The number of carboxylic acid groups (broad SMARTS) is 1. The normalized spacial score (nSPS) is 11.1. The van der Waals surface area contributed by atoms with Crippen LogP contribution >= 0.6 is 0 Å². The summed E-state index contributed by atoms with van der Waals surface area (Å²) in [6, 6.07) is 13.7. The molecule has 2 rings (SSSR count). The summed E-state index contributed by atoms with van der Waals surface area (Å²) in [7, 11) is 0. The van der Waals surface area contributed by atoms with E-state index in [0.717, 1.165) is 11.6 Å². The maximum Gasteiger partial charge on any atom is 0.328 e. The van der Waals surface area contributed by atoms with Crippen molar-refractivity contribution in [3.05, 3.63) is 77.4 Å². The number of hydrogen-bond acceptors (Lipinski definition) is 3. The molecule has 4 nitrogen and oxygen atoms in total. The number of hydrogen-bond donors (Lipinski definition) is 2. The Morgan fingerprint density at radius 3 is 2.18 bits per heavy atom. The number of phenols is 1. The molecule has 0 spiro atoms. The van der Waals surface area contributed by atoms with Crippen LogP contribution in [0.4, 0.5) is 0 Å². The Kier molecular flexibility index (Phi) is 4.88. The number of carboxylic acids is 1. The van der Waals surface area contributed by atoms with Gasteiger partial charge in [0.15, 0.2) is 5.78 Å². The zero-order valence-corrected chi connectivity index (χ0v) is 11.6. The highest BCUT2D eigenvalue weighted by Crippen LogP contribution is 2.21. The average molecular weight is 294 g/mol. The second-order valence-electron chi connectivity index (χ2n) is 4.56. The van der Waals surface area contributed by atoms with Gasteiger partial charge in [-0.05, 0) is 35.4 Å². The zero-order chi connectivity index (χ0) is 15.9. The van der Waals surface area contributed by atoms with Crippen molar-refractivity contribution in [2.45, 2.75) is 0 Å². The van der Waals surface area contributed by atoms with Crippen molar-refractivity contribution in [3.63, 3.8) is 0 Å². The smallest absolute Gasteiger partial charge is 0.328 e. The molecular formula is C18H14O4. The van der Waals surface area contributed by atoms with Crippen LogP contribution in [0.5, 0.6) is 5.75 Å². The number of benzene rings is 2. The van der Waals surface area contributed by atoms with Crippen molar-refractivity contribution < 1.29 is 19.8 Å². The molecule has 0 aromatic heterocycles. The Morgan fingerprint density at radius 1 is 0.864 bits per heavy atom. The van der Waals surface area contributed by atoms with E-state index in [-0.39, 0.29) is 17.1 Å². The van der Waals surface area contributed by atoms with Gasteiger partial charge in [0.1, 0.15) is 5.75 Å². The van der Waals surface area contributed by atoms with Crippen LogP contribution in [0.3, 0.4) is 0 Å². The lowest BCUT2D eigenvalue weighted by atomic mass is 10.0. The van der Waals surface area contributed by atoms with Gasteiger partial charge < -0.3 is 10.2 Å². The number of aromatic hydroxyl groups is 1. The third-order valence-corrected chi connectivity index (χ3v) is 2.93. The summed E-state index contributed by atoms with van der Waals surface area (Å²) >= 11 is 0. The largest absolute Gasteiger partial charge is 0.507 e. The topological polar surface area (TPSA) is 74.6 Å². The van der Waals surface area contributed by atoms with Gasteiger partial charge in [-0.2, -0.15) is 0 Å². The Bertz CT molecular complexity index is 743. The lowest BCUT2D eigenvalue weighted by Gasteiger charge is -2.02. The second kappa shape index (κ2) is 7.04. The quantitative estimate of drug-likeness (QED) is 0.655. The fourth-order valence-electron chi connectivity index (χ4n) is 1.85. The average Bonchev–Trinajstić information content (AvgIpc) is 2.51. The highest BCUT2D eigenvalue weighted by Gasteiger charge is 2.08. The van der Waals surface area contributed by atoms with Crippen molar-refractivity contribution in [1.29, 1.82) is 0 Å². The maximum absolute atomic E-state index is 12.1. The molecule has 0 radical (unpaired) electrons. The van der Waals surface area contributed by atoms with Crippen molar-refractivity contribution in [1.82, 2.24) is 0 Å². The molecule has 22 heavy (non-hydrogen) atoms. The number of allylic oxidation sites excluding steroid dienone is 1. The number of phenolic OH excluding ortho intramolecular Hbond substituents is 1. The van der Waals surface area contributed by atoms with E-state index in [1.807, 2.05) is 30.3 Å². The molecule has 0 aliphatic rings. The fourth-order valence-corrected chi connectivity index (χ4v) is 1.85. The summed E-state index contributed by atoms with van der Waals surface area (Å²) in [6.07, 6.45) is 5.36. The number of carbonyl (C=O) groups excluding carboxylic acids is 1. The lowest BCUT2D eigenvalue weighted by molar-refractivity contribution is -0.131. The SMILES string of the molecule is O=C(O)/C=C/c1ccc(C(=O)/C=C/c2ccccc2)c(O)c1. The molecule has 0 unspecified atom stereocenters. The molecule has 2 aromatic rings. The van der Waals surface area contributed by atoms with Crippen LogP contribution in [-0.4, -0.2) is 22.0 Å². The number of carbonyl (C=O) groups is 2. The van der Waals surface area contributed by atoms with E-state index in [1.165, 1.54) is 24.3 Å². The standard InChI is InChI=1S/C18H14O4/c19-16(10-7-13-4-2-1-3-5-13)15-9-6-14(12-17(15)20)8-11-18(21)22/h1-12,20H,(H,21,22)/b10-7+,11-8+. The summed E-state index contributed by atoms with van der Waals surface area (Å²) in [6.45, 7) is 0. The second-order valence-corrected chi connectivity index (χ2v) is 4.56. The molecule has 0 amide bonds. The third-order valence-electron chi connectivity index (χ3n) is 2.93. The molecule has 0 saturated heterocycles. The third kappa shape index (κ3) is 4.18. The minimum absolute atomic E-state index is 0.166. The number of aliphatic carboxylic acids is 1. The van der Waals surface area contributed by atoms with E-state index in [1.54, 1.807) is 12.1 Å². The van der Waals surface area contributed by atoms with E-state index in [0.29, 0.717) is 5.56 Å². The highest BCUT2D eigenvalue weighted by molar-refractivity contribution is 6.08. The van der Waals surface area contributed by atoms with Crippen molar-refractivity contribution in [2.24, 2.45) is 0 Å². The minimum atomic E-state index is -1.08. The van der Waals surface area contributed by atoms with Gasteiger partial charge in [-0.3, -0.25) is 4.79 Å². The molecule has 0 atom stereocenters. The van der Waals surface area contributed by atoms with Crippen LogP contribution in [0.1, 0.15) is 21.5 Å². The van der Waals surface area contributed by atoms with Crippen molar-refractivity contribution in [2.75, 3.05) is 0 Å². The first-order valence-electron chi connectivity index (χ1n) is 6.58. The first-order valence-corrected chi connectivity index (χ1v) is 6.58. The van der Waals surface area contributed by atoms with Gasteiger partial charge in [0.05, 0.1) is 5.56 Å². The molecule has 4 heteroatoms. The first kappa shape index (κ1) is 15.3. The zero-order valence-electron chi connectivity index (χ0n) is 11.6. The summed E-state index contributed by atoms with van der Waals surface area (Å²) in [5.74, 6) is -1.59. The summed E-state index contributed by atoms with van der Waals surface area (Å²) in [5.41, 5.74) is 1.56. The van der Waals surface area contributed by atoms with E-state index in [4.69, 9.17) is 5.11 Å². The van der Waals surface area contributed by atoms with Crippen LogP contribution in [0.15, 0.2) is 60.7 Å². The summed E-state index contributed by atoms with van der Waals surface area (Å²) in [4.78, 5) is 22.5. The number of ketones is 1. The Balaban J connectivity index is 2.17. The van der Waals surface area contributed by atoms with E-state index >= 15 is 0 Å². The highest BCUT2D eigenvalue weighted by atomic mass is 16.4. The van der Waals surface area contributed by atoms with Crippen molar-refractivity contribution in [3.8, 4) is 5.75 Å². The Labute approximate surface area is 127 Å².